The van der Waals surface area contributed by atoms with Crippen LogP contribution in [0.2, 0.25) is 5.02 Å². The number of urea groups is 1. The summed E-state index contributed by atoms with van der Waals surface area (Å²) in [5.41, 5.74) is 0.484. The highest BCUT2D eigenvalue weighted by atomic mass is 35.5. The van der Waals surface area contributed by atoms with E-state index < -0.39 is 0 Å². The number of benzene rings is 1. The molecule has 0 fully saturated rings. The minimum absolute atomic E-state index is 0.282. The molecule has 20 heavy (non-hydrogen) atoms. The summed E-state index contributed by atoms with van der Waals surface area (Å²) < 4.78 is 10.3. The van der Waals surface area contributed by atoms with Crippen molar-refractivity contribution < 1.29 is 14.3 Å². The Morgan fingerprint density at radius 2 is 1.85 bits per heavy atom. The molecule has 0 saturated carbocycles. The molecular formula is C14H21ClN2O3. The molecule has 1 aromatic rings. The number of amides is 2. The highest BCUT2D eigenvalue weighted by Crippen LogP contribution is 2.35. The average molecular weight is 301 g/mol. The fourth-order valence-corrected chi connectivity index (χ4v) is 1.89. The van der Waals surface area contributed by atoms with Crippen LogP contribution in [0.25, 0.3) is 0 Å². The van der Waals surface area contributed by atoms with E-state index in [4.69, 9.17) is 21.1 Å². The van der Waals surface area contributed by atoms with Gasteiger partial charge in [0.25, 0.3) is 0 Å². The lowest BCUT2D eigenvalue weighted by molar-refractivity contribution is 0.252. The summed E-state index contributed by atoms with van der Waals surface area (Å²) in [5, 5.41) is 5.87. The number of nitrogens with one attached hydrogen (secondary N) is 2. The van der Waals surface area contributed by atoms with Crippen LogP contribution >= 0.6 is 11.6 Å². The molecule has 5 nitrogen and oxygen atoms in total. The standard InChI is InChI=1S/C14H21ClN2O3/c1-4-5-6-7-16-14(18)17-11-9-13(20-3)12(19-2)8-10(11)15/h8-9H,4-7H2,1-3H3,(H2,16,17,18). The second-order valence-corrected chi connectivity index (χ2v) is 4.68. The first kappa shape index (κ1) is 16.4. The molecule has 1 aromatic carbocycles. The molecule has 0 radical (unpaired) electrons. The maximum atomic E-state index is 11.7. The van der Waals surface area contributed by atoms with Gasteiger partial charge in [0.05, 0.1) is 24.9 Å². The minimum Gasteiger partial charge on any atom is -0.493 e. The van der Waals surface area contributed by atoms with Crippen LogP contribution < -0.4 is 20.1 Å². The van der Waals surface area contributed by atoms with Crippen molar-refractivity contribution in [2.75, 3.05) is 26.1 Å². The molecule has 0 aliphatic carbocycles. The summed E-state index contributed by atoms with van der Waals surface area (Å²) in [6, 6.07) is 2.95. The van der Waals surface area contributed by atoms with Crippen LogP contribution in [0.15, 0.2) is 12.1 Å². The molecule has 2 N–H and O–H groups in total. The minimum atomic E-state index is -0.282. The summed E-state index contributed by atoms with van der Waals surface area (Å²) in [7, 11) is 3.06. The van der Waals surface area contributed by atoms with Crippen molar-refractivity contribution in [1.82, 2.24) is 5.32 Å². The Hall–Kier alpha value is -1.62. The lowest BCUT2D eigenvalue weighted by Crippen LogP contribution is -2.29. The normalized spacial score (nSPS) is 10.0. The SMILES string of the molecule is CCCCCNC(=O)Nc1cc(OC)c(OC)cc1Cl. The maximum absolute atomic E-state index is 11.7. The third kappa shape index (κ3) is 4.81. The zero-order chi connectivity index (χ0) is 15.0. The van der Waals surface area contributed by atoms with Gasteiger partial charge in [-0.1, -0.05) is 31.4 Å². The van der Waals surface area contributed by atoms with E-state index in [0.29, 0.717) is 28.8 Å². The molecule has 6 heteroatoms. The number of methoxy groups -OCH3 is 2. The second kappa shape index (κ2) is 8.53. The van der Waals surface area contributed by atoms with Crippen LogP contribution in [0.1, 0.15) is 26.2 Å². The molecule has 2 amide bonds. The summed E-state index contributed by atoms with van der Waals surface area (Å²) in [4.78, 5) is 11.7. The van der Waals surface area contributed by atoms with Gasteiger partial charge in [0.15, 0.2) is 11.5 Å². The molecule has 0 bridgehead atoms. The van der Waals surface area contributed by atoms with Crippen LogP contribution in [0.3, 0.4) is 0 Å². The van der Waals surface area contributed by atoms with Gasteiger partial charge in [-0.05, 0) is 6.42 Å². The summed E-state index contributed by atoms with van der Waals surface area (Å²) in [6.07, 6.45) is 3.17. The van der Waals surface area contributed by atoms with Crippen molar-refractivity contribution >= 4 is 23.3 Å². The number of rotatable bonds is 7. The monoisotopic (exact) mass is 300 g/mol. The number of hydrogen-bond donors (Lipinski definition) is 2. The van der Waals surface area contributed by atoms with Crippen molar-refractivity contribution in [2.45, 2.75) is 26.2 Å². The fraction of sp³-hybridized carbons (Fsp3) is 0.500. The second-order valence-electron chi connectivity index (χ2n) is 4.28. The average Bonchev–Trinajstić information content (AvgIpc) is 2.45. The van der Waals surface area contributed by atoms with E-state index in [2.05, 4.69) is 17.6 Å². The Morgan fingerprint density at radius 1 is 1.20 bits per heavy atom. The number of carbonyl (C=O) groups is 1. The van der Waals surface area contributed by atoms with E-state index in [1.165, 1.54) is 14.2 Å². The van der Waals surface area contributed by atoms with Gasteiger partial charge in [-0.3, -0.25) is 0 Å². The summed E-state index contributed by atoms with van der Waals surface area (Å²) in [6.45, 7) is 2.76. The Morgan fingerprint density at radius 3 is 2.45 bits per heavy atom. The van der Waals surface area contributed by atoms with Crippen molar-refractivity contribution in [3.8, 4) is 11.5 Å². The van der Waals surface area contributed by atoms with E-state index in [1.54, 1.807) is 12.1 Å². The molecule has 1 rings (SSSR count). The molecule has 0 spiro atoms. The third-order valence-corrected chi connectivity index (χ3v) is 3.10. The fourth-order valence-electron chi connectivity index (χ4n) is 1.69. The van der Waals surface area contributed by atoms with Crippen LogP contribution in [0, 0.1) is 0 Å². The number of ether oxygens (including phenoxy) is 2. The summed E-state index contributed by atoms with van der Waals surface area (Å²) >= 11 is 6.09. The van der Waals surface area contributed by atoms with E-state index in [9.17, 15) is 4.79 Å². The van der Waals surface area contributed by atoms with Gasteiger partial charge >= 0.3 is 6.03 Å². The Balaban J connectivity index is 2.65. The molecule has 0 aliphatic heterocycles. The predicted molar refractivity (Wildman–Crippen MR) is 81.1 cm³/mol. The first-order valence-corrected chi connectivity index (χ1v) is 6.96. The molecule has 0 unspecified atom stereocenters. The molecular weight excluding hydrogens is 280 g/mol. The van der Waals surface area contributed by atoms with E-state index >= 15 is 0 Å². The Bertz CT molecular complexity index is 452. The first-order valence-electron chi connectivity index (χ1n) is 6.58. The van der Waals surface area contributed by atoms with Crippen LogP contribution in [0.5, 0.6) is 11.5 Å². The molecule has 0 aromatic heterocycles. The van der Waals surface area contributed by atoms with Gasteiger partial charge in [0, 0.05) is 18.7 Å². The lowest BCUT2D eigenvalue weighted by Gasteiger charge is -2.13. The van der Waals surface area contributed by atoms with Crippen LogP contribution in [-0.2, 0) is 0 Å². The topological polar surface area (TPSA) is 59.6 Å². The highest BCUT2D eigenvalue weighted by Gasteiger charge is 2.11. The van der Waals surface area contributed by atoms with Gasteiger partial charge < -0.3 is 20.1 Å². The van der Waals surface area contributed by atoms with Crippen molar-refractivity contribution in [3.63, 3.8) is 0 Å². The quantitative estimate of drug-likeness (QED) is 0.755. The van der Waals surface area contributed by atoms with Gasteiger partial charge in [-0.25, -0.2) is 4.79 Å². The van der Waals surface area contributed by atoms with E-state index in [1.807, 2.05) is 0 Å². The maximum Gasteiger partial charge on any atom is 0.319 e. The molecule has 112 valence electrons. The van der Waals surface area contributed by atoms with Gasteiger partial charge in [-0.15, -0.1) is 0 Å². The number of anilines is 1. The number of carbonyl (C=O) groups excluding carboxylic acids is 1. The van der Waals surface area contributed by atoms with Crippen molar-refractivity contribution in [3.05, 3.63) is 17.2 Å². The third-order valence-electron chi connectivity index (χ3n) is 2.79. The molecule has 0 atom stereocenters. The number of unbranched alkanes of at least 4 members (excludes halogenated alkanes) is 2. The Kier molecular flexibility index (Phi) is 7.01. The van der Waals surface area contributed by atoms with Crippen molar-refractivity contribution in [1.29, 1.82) is 0 Å². The number of hydrogen-bond acceptors (Lipinski definition) is 3. The lowest BCUT2D eigenvalue weighted by atomic mass is 10.2. The smallest absolute Gasteiger partial charge is 0.319 e. The van der Waals surface area contributed by atoms with Gasteiger partial charge in [-0.2, -0.15) is 0 Å². The van der Waals surface area contributed by atoms with E-state index in [0.717, 1.165) is 19.3 Å². The molecule has 0 saturated heterocycles. The van der Waals surface area contributed by atoms with Gasteiger partial charge in [0.1, 0.15) is 0 Å². The predicted octanol–water partition coefficient (Wildman–Crippen LogP) is 3.67. The van der Waals surface area contributed by atoms with Crippen LogP contribution in [-0.4, -0.2) is 26.8 Å². The largest absolute Gasteiger partial charge is 0.493 e. The summed E-state index contributed by atoms with van der Waals surface area (Å²) in [5.74, 6) is 1.03. The van der Waals surface area contributed by atoms with E-state index in [-0.39, 0.29) is 6.03 Å². The first-order chi connectivity index (χ1) is 9.62. The van der Waals surface area contributed by atoms with Crippen molar-refractivity contribution in [2.24, 2.45) is 0 Å². The number of halogens is 1. The zero-order valence-corrected chi connectivity index (χ0v) is 12.8. The molecule has 0 heterocycles. The van der Waals surface area contributed by atoms with Gasteiger partial charge in [0.2, 0.25) is 0 Å². The zero-order valence-electron chi connectivity index (χ0n) is 12.1. The highest BCUT2D eigenvalue weighted by molar-refractivity contribution is 6.34. The molecule has 0 aliphatic rings. The van der Waals surface area contributed by atoms with Crippen LogP contribution in [0.4, 0.5) is 10.5 Å². The Labute approximate surface area is 124 Å².